The van der Waals surface area contributed by atoms with Gasteiger partial charge in [0.1, 0.15) is 5.69 Å². The number of carbonyl (C=O) groups is 1. The van der Waals surface area contributed by atoms with E-state index in [4.69, 9.17) is 5.11 Å². The van der Waals surface area contributed by atoms with Crippen LogP contribution in [0.1, 0.15) is 29.8 Å². The predicted octanol–water partition coefficient (Wildman–Crippen LogP) is 0.665. The summed E-state index contributed by atoms with van der Waals surface area (Å²) < 4.78 is 1.60. The number of nitrogens with zero attached hydrogens (tertiary/aromatic N) is 3. The molecule has 1 fully saturated rings. The summed E-state index contributed by atoms with van der Waals surface area (Å²) in [6, 6.07) is 1.55. The van der Waals surface area contributed by atoms with Gasteiger partial charge in [0.05, 0.1) is 0 Å². The van der Waals surface area contributed by atoms with Crippen LogP contribution >= 0.6 is 0 Å². The van der Waals surface area contributed by atoms with E-state index in [1.807, 2.05) is 0 Å². The summed E-state index contributed by atoms with van der Waals surface area (Å²) in [7, 11) is 2.15. The minimum atomic E-state index is -0.897. The molecule has 0 atom stereocenters. The standard InChI is InChI=1S/C12H19N3O2.Li.H/c1-14-7-3-10(4-8-14)5-9-15-11(12(16)17)2-6-13-15;;/h2,6,10H,3-5,7-9H2,1H3,(H,16,17);;. The Morgan fingerprint density at radius 3 is 2.78 bits per heavy atom. The van der Waals surface area contributed by atoms with Crippen molar-refractivity contribution in [2.75, 3.05) is 20.1 Å². The second-order valence-electron chi connectivity index (χ2n) is 4.78. The Labute approximate surface area is 119 Å². The van der Waals surface area contributed by atoms with Crippen molar-refractivity contribution in [2.24, 2.45) is 5.92 Å². The van der Waals surface area contributed by atoms with Crippen LogP contribution in [0.25, 0.3) is 0 Å². The summed E-state index contributed by atoms with van der Waals surface area (Å²) in [4.78, 5) is 13.2. The zero-order chi connectivity index (χ0) is 12.3. The molecule has 1 aromatic rings. The molecule has 1 saturated heterocycles. The molecule has 18 heavy (non-hydrogen) atoms. The van der Waals surface area contributed by atoms with Crippen molar-refractivity contribution in [3.05, 3.63) is 18.0 Å². The second-order valence-corrected chi connectivity index (χ2v) is 4.78. The molecule has 0 spiro atoms. The number of aryl methyl sites for hydroxylation is 1. The number of aromatic nitrogens is 2. The van der Waals surface area contributed by atoms with Crippen LogP contribution < -0.4 is 0 Å². The fourth-order valence-corrected chi connectivity index (χ4v) is 2.35. The van der Waals surface area contributed by atoms with Gasteiger partial charge in [-0.3, -0.25) is 4.68 Å². The molecule has 0 aromatic carbocycles. The Kier molecular flexibility index (Phi) is 5.93. The van der Waals surface area contributed by atoms with Gasteiger partial charge in [0.2, 0.25) is 0 Å². The molecular formula is C12H20LiN3O2. The van der Waals surface area contributed by atoms with Crippen molar-refractivity contribution in [3.8, 4) is 0 Å². The average molecular weight is 245 g/mol. The number of carboxylic acids is 1. The van der Waals surface area contributed by atoms with E-state index in [1.54, 1.807) is 16.9 Å². The predicted molar refractivity (Wildman–Crippen MR) is 71.2 cm³/mol. The SMILES string of the molecule is CN1CCC(CCn2nccc2C(=O)O)CC1.[LiH]. The third-order valence-electron chi connectivity index (χ3n) is 3.52. The number of rotatable bonds is 4. The van der Waals surface area contributed by atoms with Crippen molar-refractivity contribution in [3.63, 3.8) is 0 Å². The number of hydrogen-bond acceptors (Lipinski definition) is 3. The molecule has 1 aromatic heterocycles. The molecule has 0 radical (unpaired) electrons. The Morgan fingerprint density at radius 2 is 2.17 bits per heavy atom. The minimum absolute atomic E-state index is 0. The molecule has 1 aliphatic heterocycles. The van der Waals surface area contributed by atoms with E-state index in [0.29, 0.717) is 12.5 Å². The van der Waals surface area contributed by atoms with E-state index >= 15 is 0 Å². The number of aromatic carboxylic acids is 1. The second kappa shape index (κ2) is 6.98. The summed E-state index contributed by atoms with van der Waals surface area (Å²) in [5.41, 5.74) is 0.290. The quantitative estimate of drug-likeness (QED) is 0.792. The van der Waals surface area contributed by atoms with Gasteiger partial charge in [-0.2, -0.15) is 5.10 Å². The fourth-order valence-electron chi connectivity index (χ4n) is 2.35. The zero-order valence-corrected chi connectivity index (χ0v) is 10.2. The van der Waals surface area contributed by atoms with Crippen molar-refractivity contribution in [1.82, 2.24) is 14.7 Å². The van der Waals surface area contributed by atoms with Crippen molar-refractivity contribution < 1.29 is 9.90 Å². The molecule has 0 saturated carbocycles. The molecule has 2 rings (SSSR count). The first-order valence-electron chi connectivity index (χ1n) is 6.10. The van der Waals surface area contributed by atoms with E-state index in [0.717, 1.165) is 19.5 Å². The van der Waals surface area contributed by atoms with E-state index < -0.39 is 5.97 Å². The van der Waals surface area contributed by atoms with Gasteiger partial charge < -0.3 is 10.0 Å². The third-order valence-corrected chi connectivity index (χ3v) is 3.52. The molecule has 0 unspecified atom stereocenters. The van der Waals surface area contributed by atoms with Gasteiger partial charge in [0, 0.05) is 12.7 Å². The normalized spacial score (nSPS) is 17.4. The topological polar surface area (TPSA) is 58.4 Å². The molecular weight excluding hydrogens is 225 g/mol. The van der Waals surface area contributed by atoms with Gasteiger partial charge in [0.25, 0.3) is 0 Å². The first-order chi connectivity index (χ1) is 8.16. The maximum absolute atomic E-state index is 10.9. The van der Waals surface area contributed by atoms with E-state index in [1.165, 1.54) is 12.8 Å². The molecule has 0 amide bonds. The number of likely N-dealkylation sites (tertiary alicyclic amines) is 1. The van der Waals surface area contributed by atoms with Gasteiger partial charge in [0.15, 0.2) is 0 Å². The van der Waals surface area contributed by atoms with E-state index in [-0.39, 0.29) is 24.6 Å². The van der Waals surface area contributed by atoms with Crippen molar-refractivity contribution in [2.45, 2.75) is 25.8 Å². The van der Waals surface area contributed by atoms with Gasteiger partial charge in [-0.25, -0.2) is 4.79 Å². The fraction of sp³-hybridized carbons (Fsp3) is 0.667. The Hall–Kier alpha value is -0.763. The van der Waals surface area contributed by atoms with Crippen LogP contribution in [0.5, 0.6) is 0 Å². The van der Waals surface area contributed by atoms with Gasteiger partial charge in [-0.1, -0.05) is 0 Å². The van der Waals surface area contributed by atoms with Crippen molar-refractivity contribution in [1.29, 1.82) is 0 Å². The number of piperidine rings is 1. The summed E-state index contributed by atoms with van der Waals surface area (Å²) >= 11 is 0. The number of carboxylic acid groups (broad SMARTS) is 1. The molecule has 5 nitrogen and oxygen atoms in total. The Bertz CT molecular complexity index is 386. The molecule has 2 heterocycles. The molecule has 0 aliphatic carbocycles. The molecule has 1 aliphatic rings. The monoisotopic (exact) mass is 245 g/mol. The van der Waals surface area contributed by atoms with E-state index in [9.17, 15) is 4.79 Å². The van der Waals surface area contributed by atoms with Crippen LogP contribution in [0.15, 0.2) is 12.3 Å². The van der Waals surface area contributed by atoms with Crippen LogP contribution in [0.2, 0.25) is 0 Å². The zero-order valence-electron chi connectivity index (χ0n) is 10.2. The molecule has 6 heteroatoms. The Morgan fingerprint density at radius 1 is 1.50 bits per heavy atom. The summed E-state index contributed by atoms with van der Waals surface area (Å²) in [6.45, 7) is 3.01. The van der Waals surface area contributed by atoms with Crippen LogP contribution in [-0.2, 0) is 6.54 Å². The Balaban J connectivity index is 0.00000162. The third kappa shape index (κ3) is 3.87. The molecule has 1 N–H and O–H groups in total. The van der Waals surface area contributed by atoms with Crippen LogP contribution in [0.3, 0.4) is 0 Å². The van der Waals surface area contributed by atoms with Crippen LogP contribution in [0, 0.1) is 5.92 Å². The van der Waals surface area contributed by atoms with Crippen molar-refractivity contribution >= 4 is 24.8 Å². The summed E-state index contributed by atoms with van der Waals surface area (Å²) in [5.74, 6) is -0.192. The van der Waals surface area contributed by atoms with Gasteiger partial charge in [-0.15, -0.1) is 0 Å². The van der Waals surface area contributed by atoms with E-state index in [2.05, 4.69) is 17.0 Å². The van der Waals surface area contributed by atoms with Crippen LogP contribution in [0.4, 0.5) is 0 Å². The summed E-state index contributed by atoms with van der Waals surface area (Å²) in [6.07, 6.45) is 4.99. The average Bonchev–Trinajstić information content (AvgIpc) is 2.76. The van der Waals surface area contributed by atoms with Crippen LogP contribution in [-0.4, -0.2) is 64.8 Å². The first kappa shape index (κ1) is 15.3. The number of hydrogen-bond donors (Lipinski definition) is 1. The van der Waals surface area contributed by atoms with Gasteiger partial charge in [-0.05, 0) is 51.4 Å². The van der Waals surface area contributed by atoms with Gasteiger partial charge >= 0.3 is 24.8 Å². The summed E-state index contributed by atoms with van der Waals surface area (Å²) in [5, 5.41) is 13.0. The molecule has 96 valence electrons. The first-order valence-corrected chi connectivity index (χ1v) is 6.10. The maximum atomic E-state index is 10.9. The molecule has 0 bridgehead atoms.